The second-order valence-electron chi connectivity index (χ2n) is 5.30. The lowest BCUT2D eigenvalue weighted by Crippen LogP contribution is -2.36. The Kier molecular flexibility index (Phi) is 4.57. The molecule has 0 spiro atoms. The topological polar surface area (TPSA) is 82.8 Å². The Morgan fingerprint density at radius 1 is 1.35 bits per heavy atom. The SMILES string of the molecule is Cc1ccn(CC(O)CN2CCCC2)c(=O)c1C(=O)O. The number of aromatic nitrogens is 1. The Morgan fingerprint density at radius 3 is 2.60 bits per heavy atom. The van der Waals surface area contributed by atoms with E-state index in [1.165, 1.54) is 10.8 Å². The van der Waals surface area contributed by atoms with Crippen LogP contribution in [0.2, 0.25) is 0 Å². The summed E-state index contributed by atoms with van der Waals surface area (Å²) in [6.45, 7) is 4.18. The molecule has 0 radical (unpaired) electrons. The van der Waals surface area contributed by atoms with E-state index in [0.29, 0.717) is 12.1 Å². The molecule has 1 aliphatic rings. The molecule has 20 heavy (non-hydrogen) atoms. The number of rotatable bonds is 5. The summed E-state index contributed by atoms with van der Waals surface area (Å²) < 4.78 is 1.27. The van der Waals surface area contributed by atoms with Crippen LogP contribution in [-0.4, -0.2) is 51.4 Å². The van der Waals surface area contributed by atoms with E-state index in [2.05, 4.69) is 4.90 Å². The van der Waals surface area contributed by atoms with Crippen molar-refractivity contribution in [2.24, 2.45) is 0 Å². The Morgan fingerprint density at radius 2 is 2.00 bits per heavy atom. The molecule has 6 nitrogen and oxygen atoms in total. The molecular formula is C14H20N2O4. The largest absolute Gasteiger partial charge is 0.477 e. The van der Waals surface area contributed by atoms with Crippen LogP contribution in [0.5, 0.6) is 0 Å². The van der Waals surface area contributed by atoms with Gasteiger partial charge in [0.15, 0.2) is 0 Å². The third-order valence-electron chi connectivity index (χ3n) is 3.66. The number of carboxylic acid groups (broad SMARTS) is 1. The summed E-state index contributed by atoms with van der Waals surface area (Å²) in [4.78, 5) is 25.3. The van der Waals surface area contributed by atoms with Crippen molar-refractivity contribution in [3.63, 3.8) is 0 Å². The average molecular weight is 280 g/mol. The van der Waals surface area contributed by atoms with Gasteiger partial charge >= 0.3 is 5.97 Å². The van der Waals surface area contributed by atoms with Crippen molar-refractivity contribution < 1.29 is 15.0 Å². The van der Waals surface area contributed by atoms with Crippen LogP contribution in [0.25, 0.3) is 0 Å². The van der Waals surface area contributed by atoms with Crippen LogP contribution in [0.3, 0.4) is 0 Å². The summed E-state index contributed by atoms with van der Waals surface area (Å²) in [5.41, 5.74) is -0.341. The molecule has 1 aromatic heterocycles. The zero-order valence-electron chi connectivity index (χ0n) is 11.6. The fourth-order valence-corrected chi connectivity index (χ4v) is 2.62. The predicted molar refractivity (Wildman–Crippen MR) is 74.1 cm³/mol. The van der Waals surface area contributed by atoms with Crippen LogP contribution in [0.4, 0.5) is 0 Å². The number of nitrogens with zero attached hydrogens (tertiary/aromatic N) is 2. The van der Waals surface area contributed by atoms with Crippen molar-refractivity contribution in [3.8, 4) is 0 Å². The van der Waals surface area contributed by atoms with Gasteiger partial charge in [-0.1, -0.05) is 0 Å². The molecule has 110 valence electrons. The summed E-state index contributed by atoms with van der Waals surface area (Å²) in [7, 11) is 0. The number of hydrogen-bond acceptors (Lipinski definition) is 4. The van der Waals surface area contributed by atoms with E-state index in [9.17, 15) is 14.7 Å². The maximum Gasteiger partial charge on any atom is 0.341 e. The molecule has 6 heteroatoms. The van der Waals surface area contributed by atoms with Gasteiger partial charge in [-0.25, -0.2) is 4.79 Å². The number of aryl methyl sites for hydroxylation is 1. The molecule has 2 rings (SSSR count). The lowest BCUT2D eigenvalue weighted by molar-refractivity contribution is 0.0691. The zero-order valence-corrected chi connectivity index (χ0v) is 11.6. The molecule has 1 atom stereocenters. The number of aliphatic hydroxyl groups is 1. The number of carboxylic acids is 1. The molecule has 2 heterocycles. The third kappa shape index (κ3) is 3.26. The molecule has 1 fully saturated rings. The van der Waals surface area contributed by atoms with E-state index in [-0.39, 0.29) is 12.1 Å². The number of pyridine rings is 1. The summed E-state index contributed by atoms with van der Waals surface area (Å²) in [5.74, 6) is -1.23. The van der Waals surface area contributed by atoms with E-state index in [0.717, 1.165) is 25.9 Å². The van der Waals surface area contributed by atoms with Crippen LogP contribution in [0.1, 0.15) is 28.8 Å². The number of hydrogen-bond donors (Lipinski definition) is 2. The van der Waals surface area contributed by atoms with Gasteiger partial charge in [-0.3, -0.25) is 4.79 Å². The Hall–Kier alpha value is -1.66. The molecule has 2 N–H and O–H groups in total. The first-order valence-corrected chi connectivity index (χ1v) is 6.83. The second-order valence-corrected chi connectivity index (χ2v) is 5.30. The van der Waals surface area contributed by atoms with Crippen molar-refractivity contribution >= 4 is 5.97 Å². The fraction of sp³-hybridized carbons (Fsp3) is 0.571. The van der Waals surface area contributed by atoms with E-state index < -0.39 is 17.6 Å². The molecule has 1 aromatic rings. The highest BCUT2D eigenvalue weighted by molar-refractivity contribution is 5.88. The highest BCUT2D eigenvalue weighted by Gasteiger charge is 2.18. The van der Waals surface area contributed by atoms with Crippen LogP contribution in [-0.2, 0) is 6.54 Å². The van der Waals surface area contributed by atoms with Gasteiger partial charge < -0.3 is 19.7 Å². The second kappa shape index (κ2) is 6.19. The third-order valence-corrected chi connectivity index (χ3v) is 3.66. The summed E-state index contributed by atoms with van der Waals surface area (Å²) >= 11 is 0. The van der Waals surface area contributed by atoms with Gasteiger partial charge in [0.05, 0.1) is 12.6 Å². The van der Waals surface area contributed by atoms with E-state index in [4.69, 9.17) is 5.11 Å². The van der Waals surface area contributed by atoms with Crippen LogP contribution < -0.4 is 5.56 Å². The van der Waals surface area contributed by atoms with Crippen molar-refractivity contribution in [1.82, 2.24) is 9.47 Å². The van der Waals surface area contributed by atoms with Crippen LogP contribution in [0.15, 0.2) is 17.1 Å². The van der Waals surface area contributed by atoms with Gasteiger partial charge in [-0.05, 0) is 44.5 Å². The summed E-state index contributed by atoms with van der Waals surface area (Å²) in [6.07, 6.45) is 3.15. The monoisotopic (exact) mass is 280 g/mol. The minimum Gasteiger partial charge on any atom is -0.477 e. The first-order chi connectivity index (χ1) is 9.49. The number of likely N-dealkylation sites (tertiary alicyclic amines) is 1. The highest BCUT2D eigenvalue weighted by atomic mass is 16.4. The molecule has 0 bridgehead atoms. The van der Waals surface area contributed by atoms with E-state index in [1.54, 1.807) is 13.0 Å². The average Bonchev–Trinajstić information content (AvgIpc) is 2.85. The lowest BCUT2D eigenvalue weighted by Gasteiger charge is -2.20. The van der Waals surface area contributed by atoms with Crippen molar-refractivity contribution in [1.29, 1.82) is 0 Å². The Balaban J connectivity index is 2.11. The number of aromatic carboxylic acids is 1. The molecule has 0 aliphatic carbocycles. The number of β-amino-alcohol motifs (C(OH)–C–C–N with tert-alkyl or cyclic N) is 1. The Labute approximate surface area is 117 Å². The van der Waals surface area contributed by atoms with Crippen LogP contribution >= 0.6 is 0 Å². The van der Waals surface area contributed by atoms with Crippen molar-refractivity contribution in [2.75, 3.05) is 19.6 Å². The van der Waals surface area contributed by atoms with Gasteiger partial charge in [0.1, 0.15) is 5.56 Å². The molecule has 0 amide bonds. The maximum atomic E-state index is 12.1. The molecule has 1 unspecified atom stereocenters. The van der Waals surface area contributed by atoms with Crippen LogP contribution in [0, 0.1) is 6.92 Å². The predicted octanol–water partition coefficient (Wildman–Crippen LogP) is 0.312. The Bertz CT molecular complexity index is 547. The molecular weight excluding hydrogens is 260 g/mol. The normalized spacial score (nSPS) is 17.3. The summed E-state index contributed by atoms with van der Waals surface area (Å²) in [6, 6.07) is 1.59. The van der Waals surface area contributed by atoms with Gasteiger partial charge in [0.2, 0.25) is 0 Å². The van der Waals surface area contributed by atoms with Gasteiger partial charge in [-0.15, -0.1) is 0 Å². The van der Waals surface area contributed by atoms with Gasteiger partial charge in [0, 0.05) is 12.7 Å². The first-order valence-electron chi connectivity index (χ1n) is 6.83. The van der Waals surface area contributed by atoms with Crippen molar-refractivity contribution in [2.45, 2.75) is 32.4 Å². The highest BCUT2D eigenvalue weighted by Crippen LogP contribution is 2.08. The zero-order chi connectivity index (χ0) is 14.7. The lowest BCUT2D eigenvalue weighted by atomic mass is 10.1. The number of carbonyl (C=O) groups is 1. The van der Waals surface area contributed by atoms with Crippen molar-refractivity contribution in [3.05, 3.63) is 33.7 Å². The quantitative estimate of drug-likeness (QED) is 0.811. The molecule has 1 saturated heterocycles. The maximum absolute atomic E-state index is 12.1. The fourth-order valence-electron chi connectivity index (χ4n) is 2.62. The molecule has 0 saturated carbocycles. The van der Waals surface area contributed by atoms with Gasteiger partial charge in [0.25, 0.3) is 5.56 Å². The van der Waals surface area contributed by atoms with E-state index >= 15 is 0 Å². The minimum atomic E-state index is -1.23. The standard InChI is InChI=1S/C14H20N2O4/c1-10-4-7-16(13(18)12(10)14(19)20)9-11(17)8-15-5-2-3-6-15/h4,7,11,17H,2-3,5-6,8-9H2,1H3,(H,19,20). The number of aliphatic hydroxyl groups excluding tert-OH is 1. The van der Waals surface area contributed by atoms with E-state index in [1.807, 2.05) is 0 Å². The molecule has 0 aromatic carbocycles. The summed E-state index contributed by atoms with van der Waals surface area (Å²) in [5, 5.41) is 19.1. The minimum absolute atomic E-state index is 0.121. The smallest absolute Gasteiger partial charge is 0.341 e. The molecule has 1 aliphatic heterocycles. The van der Waals surface area contributed by atoms with Gasteiger partial charge in [-0.2, -0.15) is 0 Å². The first kappa shape index (κ1) is 14.7.